The Balaban J connectivity index is 2.34. The van der Waals surface area contributed by atoms with Gasteiger partial charge in [-0.25, -0.2) is 19.9 Å². The molecule has 0 saturated carbocycles. The summed E-state index contributed by atoms with van der Waals surface area (Å²) in [5.41, 5.74) is 17.1. The fraction of sp³-hybridized carbons (Fsp3) is 0. The van der Waals surface area contributed by atoms with Gasteiger partial charge in [-0.2, -0.15) is 0 Å². The van der Waals surface area contributed by atoms with Crippen molar-refractivity contribution in [1.29, 1.82) is 0 Å². The Bertz CT molecular complexity index is 541. The Morgan fingerprint density at radius 1 is 1.06 bits per heavy atom. The summed E-state index contributed by atoms with van der Waals surface area (Å²) in [4.78, 5) is 15.7. The van der Waals surface area contributed by atoms with E-state index in [1.165, 1.54) is 12.4 Å². The first-order chi connectivity index (χ1) is 8.06. The first-order valence-corrected chi connectivity index (χ1v) is 5.59. The highest BCUT2D eigenvalue weighted by atomic mass is 35.5. The van der Waals surface area contributed by atoms with Crippen molar-refractivity contribution in [2.45, 2.75) is 10.2 Å². The molecule has 2 heterocycles. The van der Waals surface area contributed by atoms with Gasteiger partial charge >= 0.3 is 0 Å². The summed E-state index contributed by atoms with van der Waals surface area (Å²) in [5, 5.41) is 0.985. The highest BCUT2D eigenvalue weighted by molar-refractivity contribution is 7.99. The molecule has 0 unspecified atom stereocenters. The molecule has 0 amide bonds. The summed E-state index contributed by atoms with van der Waals surface area (Å²) < 4.78 is 0. The lowest BCUT2D eigenvalue weighted by atomic mass is 10.5. The minimum atomic E-state index is 0.180. The van der Waals surface area contributed by atoms with Crippen LogP contribution in [0, 0.1) is 0 Å². The molecule has 88 valence electrons. The molecular weight excluding hydrogens is 262 g/mol. The predicted molar refractivity (Wildman–Crippen MR) is 66.4 cm³/mol. The molecule has 2 aromatic rings. The first-order valence-electron chi connectivity index (χ1n) is 4.40. The lowest BCUT2D eigenvalue weighted by Gasteiger charge is -2.04. The van der Waals surface area contributed by atoms with Gasteiger partial charge in [0.05, 0.1) is 0 Å². The van der Waals surface area contributed by atoms with Gasteiger partial charge in [0.25, 0.3) is 0 Å². The van der Waals surface area contributed by atoms with Crippen molar-refractivity contribution in [3.05, 3.63) is 17.5 Å². The molecule has 0 radical (unpaired) electrons. The van der Waals surface area contributed by atoms with Crippen LogP contribution in [0.3, 0.4) is 0 Å². The monoisotopic (exact) mass is 269 g/mol. The first kappa shape index (κ1) is 11.7. The van der Waals surface area contributed by atoms with Crippen LogP contribution < -0.4 is 17.2 Å². The maximum atomic E-state index is 5.76. The lowest BCUT2D eigenvalue weighted by Crippen LogP contribution is -2.00. The van der Waals surface area contributed by atoms with Crippen molar-refractivity contribution in [3.63, 3.8) is 0 Å². The topological polar surface area (TPSA) is 130 Å². The molecule has 0 aliphatic rings. The fourth-order valence-electron chi connectivity index (χ4n) is 1.03. The third kappa shape index (κ3) is 2.66. The maximum absolute atomic E-state index is 5.76. The van der Waals surface area contributed by atoms with E-state index in [1.807, 2.05) is 0 Å². The lowest BCUT2D eigenvalue weighted by molar-refractivity contribution is 0.972. The summed E-state index contributed by atoms with van der Waals surface area (Å²) in [6.07, 6.45) is 1.30. The smallest absolute Gasteiger partial charge is 0.197 e. The number of aromatic nitrogens is 4. The third-order valence-corrected chi connectivity index (χ3v) is 2.92. The summed E-state index contributed by atoms with van der Waals surface area (Å²) >= 11 is 6.88. The molecule has 0 saturated heterocycles. The van der Waals surface area contributed by atoms with Gasteiger partial charge in [-0.1, -0.05) is 11.6 Å². The average molecular weight is 270 g/mol. The van der Waals surface area contributed by atoms with Crippen molar-refractivity contribution in [3.8, 4) is 0 Å². The molecule has 0 spiro atoms. The van der Waals surface area contributed by atoms with Crippen molar-refractivity contribution >= 4 is 40.7 Å². The van der Waals surface area contributed by atoms with E-state index in [4.69, 9.17) is 28.8 Å². The molecular formula is C8H8ClN7S. The highest BCUT2D eigenvalue weighted by Gasteiger charge is 2.10. The van der Waals surface area contributed by atoms with E-state index >= 15 is 0 Å². The minimum Gasteiger partial charge on any atom is -0.394 e. The number of nitrogen functional groups attached to an aromatic ring is 3. The van der Waals surface area contributed by atoms with Crippen LogP contribution in [0.5, 0.6) is 0 Å². The van der Waals surface area contributed by atoms with Gasteiger partial charge in [0.1, 0.15) is 28.7 Å². The zero-order valence-electron chi connectivity index (χ0n) is 8.46. The van der Waals surface area contributed by atoms with Crippen molar-refractivity contribution in [2.75, 3.05) is 17.2 Å². The zero-order valence-corrected chi connectivity index (χ0v) is 10.0. The second-order valence-electron chi connectivity index (χ2n) is 2.99. The normalized spacial score (nSPS) is 10.4. The van der Waals surface area contributed by atoms with Gasteiger partial charge in [0, 0.05) is 6.07 Å². The SMILES string of the molecule is Nc1cc(N)nc(Sc2ncnc(Cl)c2N)n1. The second-order valence-corrected chi connectivity index (χ2v) is 4.30. The van der Waals surface area contributed by atoms with Crippen LogP contribution in [0.2, 0.25) is 5.15 Å². The molecule has 0 bridgehead atoms. The van der Waals surface area contributed by atoms with Crippen molar-refractivity contribution in [1.82, 2.24) is 19.9 Å². The van der Waals surface area contributed by atoms with Crippen LogP contribution in [0.25, 0.3) is 0 Å². The van der Waals surface area contributed by atoms with Crippen LogP contribution in [-0.4, -0.2) is 19.9 Å². The summed E-state index contributed by atoms with van der Waals surface area (Å²) in [6, 6.07) is 1.46. The Kier molecular flexibility index (Phi) is 3.16. The summed E-state index contributed by atoms with van der Waals surface area (Å²) in [5.74, 6) is 0.553. The number of hydrogen-bond acceptors (Lipinski definition) is 8. The zero-order chi connectivity index (χ0) is 12.4. The number of anilines is 3. The van der Waals surface area contributed by atoms with Gasteiger partial charge in [0.15, 0.2) is 10.3 Å². The predicted octanol–water partition coefficient (Wildman–Crippen LogP) is 0.818. The van der Waals surface area contributed by atoms with Crippen molar-refractivity contribution in [2.24, 2.45) is 0 Å². The molecule has 17 heavy (non-hydrogen) atoms. The van der Waals surface area contributed by atoms with Gasteiger partial charge in [-0.3, -0.25) is 0 Å². The molecule has 6 N–H and O–H groups in total. The van der Waals surface area contributed by atoms with E-state index in [1.54, 1.807) is 0 Å². The van der Waals surface area contributed by atoms with E-state index in [0.29, 0.717) is 10.2 Å². The summed E-state index contributed by atoms with van der Waals surface area (Å²) in [6.45, 7) is 0. The number of nitrogens with zero attached hydrogens (tertiary/aromatic N) is 4. The van der Waals surface area contributed by atoms with E-state index in [9.17, 15) is 0 Å². The highest BCUT2D eigenvalue weighted by Crippen LogP contribution is 2.31. The maximum Gasteiger partial charge on any atom is 0.197 e. The molecule has 0 aromatic carbocycles. The molecule has 0 atom stereocenters. The standard InChI is InChI=1S/C8H8ClN7S/c9-6-5(12)7(14-2-13-6)17-8-15-3(10)1-4(11)16-8/h1-2H,12H2,(H4,10,11,15,16). The summed E-state index contributed by atoms with van der Waals surface area (Å²) in [7, 11) is 0. The van der Waals surface area contributed by atoms with E-state index in [2.05, 4.69) is 19.9 Å². The molecule has 2 rings (SSSR count). The number of halogens is 1. The van der Waals surface area contributed by atoms with Gasteiger partial charge in [-0.05, 0) is 11.8 Å². The van der Waals surface area contributed by atoms with Gasteiger partial charge < -0.3 is 17.2 Å². The molecule has 9 heteroatoms. The van der Waals surface area contributed by atoms with E-state index in [0.717, 1.165) is 11.8 Å². The molecule has 7 nitrogen and oxygen atoms in total. The minimum absolute atomic E-state index is 0.180. The van der Waals surface area contributed by atoms with Crippen LogP contribution in [0.1, 0.15) is 0 Å². The molecule has 0 aliphatic heterocycles. The Hall–Kier alpha value is -1.80. The van der Waals surface area contributed by atoms with Gasteiger partial charge in [-0.15, -0.1) is 0 Å². The Morgan fingerprint density at radius 3 is 2.35 bits per heavy atom. The largest absolute Gasteiger partial charge is 0.394 e. The van der Waals surface area contributed by atoms with Crippen molar-refractivity contribution < 1.29 is 0 Å². The van der Waals surface area contributed by atoms with E-state index < -0.39 is 0 Å². The van der Waals surface area contributed by atoms with Crippen LogP contribution in [0.15, 0.2) is 22.6 Å². The van der Waals surface area contributed by atoms with E-state index in [-0.39, 0.29) is 22.5 Å². The van der Waals surface area contributed by atoms with Crippen LogP contribution in [-0.2, 0) is 0 Å². The van der Waals surface area contributed by atoms with Crippen LogP contribution in [0.4, 0.5) is 17.3 Å². The third-order valence-electron chi connectivity index (χ3n) is 1.73. The molecule has 0 aliphatic carbocycles. The molecule has 2 aromatic heterocycles. The van der Waals surface area contributed by atoms with Gasteiger partial charge in [0.2, 0.25) is 0 Å². The quantitative estimate of drug-likeness (QED) is 0.539. The number of nitrogens with two attached hydrogens (primary N) is 3. The average Bonchev–Trinajstić information content (AvgIpc) is 2.23. The number of hydrogen-bond donors (Lipinski definition) is 3. The fourth-order valence-corrected chi connectivity index (χ4v) is 2.01. The second kappa shape index (κ2) is 4.60. The Labute approximate surface area is 106 Å². The Morgan fingerprint density at radius 2 is 1.71 bits per heavy atom. The molecule has 0 fully saturated rings. The number of rotatable bonds is 2. The van der Waals surface area contributed by atoms with Crippen LogP contribution >= 0.6 is 23.4 Å².